The molecule has 0 saturated carbocycles. The first-order valence-electron chi connectivity index (χ1n) is 3.18. The Morgan fingerprint density at radius 3 is 2.00 bits per heavy atom. The van der Waals surface area contributed by atoms with Crippen LogP contribution in [0.1, 0.15) is 36.6 Å². The van der Waals surface area contributed by atoms with Crippen molar-refractivity contribution in [3.63, 3.8) is 0 Å². The average molecular weight is 197 g/mol. The normalized spacial score (nSPS) is 9.46. The molecule has 0 aromatic carbocycles. The molecule has 2 N–H and O–H groups in total. The molecule has 88 valence electrons. The van der Waals surface area contributed by atoms with Gasteiger partial charge in [-0.15, -0.1) is 0 Å². The van der Waals surface area contributed by atoms with Crippen LogP contribution in [-0.2, 0) is 4.74 Å². The van der Waals surface area contributed by atoms with Crippen molar-refractivity contribution in [3.8, 4) is 0 Å². The van der Waals surface area contributed by atoms with Crippen LogP contribution in [0.3, 0.4) is 0 Å². The van der Waals surface area contributed by atoms with E-state index in [1.165, 1.54) is 0 Å². The third-order valence-corrected chi connectivity index (χ3v) is 0.985. The Labute approximate surface area is 85.5 Å². The minimum absolute atomic E-state index is 0. The van der Waals surface area contributed by atoms with Crippen molar-refractivity contribution < 1.29 is 9.84 Å². The molecule has 0 aromatic heterocycles. The molecule has 0 bridgehead atoms. The van der Waals surface area contributed by atoms with Crippen molar-refractivity contribution in [2.24, 2.45) is 0 Å². The summed E-state index contributed by atoms with van der Waals surface area (Å²) in [4.78, 5) is 0. The highest BCUT2D eigenvalue weighted by molar-refractivity contribution is 4.50. The van der Waals surface area contributed by atoms with Gasteiger partial charge in [0.15, 0.2) is 0 Å². The lowest BCUT2D eigenvalue weighted by molar-refractivity contribution is 0.0405. The lowest BCUT2D eigenvalue weighted by Gasteiger charge is -2.10. The largest absolute Gasteiger partial charge is 0.394 e. The van der Waals surface area contributed by atoms with Crippen LogP contribution in [0, 0.1) is 0 Å². The predicted octanol–water partition coefficient (Wildman–Crippen LogP) is 2.15. The number of nitrogens with one attached hydrogen (secondary N) is 1. The van der Waals surface area contributed by atoms with Gasteiger partial charge in [0.05, 0.1) is 19.3 Å². The van der Waals surface area contributed by atoms with Gasteiger partial charge in [0.2, 0.25) is 0 Å². The second kappa shape index (κ2) is 22.6. The Hall–Kier alpha value is -0.120. The Morgan fingerprint density at radius 2 is 1.69 bits per heavy atom. The third kappa shape index (κ3) is 24.5. The summed E-state index contributed by atoms with van der Waals surface area (Å²) in [5, 5.41) is 11.3. The van der Waals surface area contributed by atoms with Crippen LogP contribution >= 0.6 is 0 Å². The summed E-state index contributed by atoms with van der Waals surface area (Å²) in [6.45, 7) is 3.34. The lowest BCUT2D eigenvalue weighted by atomic mass is 10.4. The molecule has 0 aliphatic rings. The Bertz CT molecular complexity index is 60.9. The molecule has 0 saturated heterocycles. The highest BCUT2D eigenvalue weighted by Gasteiger charge is 1.96. The van der Waals surface area contributed by atoms with E-state index in [2.05, 4.69) is 5.32 Å². The smallest absolute Gasteiger partial charge is 0.0701 e. The van der Waals surface area contributed by atoms with E-state index in [0.717, 1.165) is 6.54 Å². The van der Waals surface area contributed by atoms with E-state index < -0.39 is 0 Å². The number of likely N-dealkylation sites (N-methyl/N-ethyl adjacent to an activating group) is 1. The molecule has 13 heavy (non-hydrogen) atoms. The van der Waals surface area contributed by atoms with Crippen molar-refractivity contribution in [1.29, 1.82) is 0 Å². The van der Waals surface area contributed by atoms with Gasteiger partial charge >= 0.3 is 0 Å². The second-order valence-corrected chi connectivity index (χ2v) is 1.96. The molecule has 3 nitrogen and oxygen atoms in total. The monoisotopic (exact) mass is 197 g/mol. The second-order valence-electron chi connectivity index (χ2n) is 1.96. The molecular weight excluding hydrogens is 166 g/mol. The zero-order chi connectivity index (χ0) is 7.11. The van der Waals surface area contributed by atoms with Gasteiger partial charge in [-0.25, -0.2) is 0 Å². The van der Waals surface area contributed by atoms with Crippen molar-refractivity contribution in [3.05, 3.63) is 0 Å². The van der Waals surface area contributed by atoms with Crippen LogP contribution in [0.15, 0.2) is 0 Å². The molecule has 1 unspecified atom stereocenters. The summed E-state index contributed by atoms with van der Waals surface area (Å²) < 4.78 is 5.12. The van der Waals surface area contributed by atoms with E-state index in [1.807, 2.05) is 14.0 Å². The maximum atomic E-state index is 8.34. The molecule has 0 amide bonds. The topological polar surface area (TPSA) is 41.5 Å². The molecular formula is C10H31NO2. The van der Waals surface area contributed by atoms with Crippen LogP contribution < -0.4 is 5.32 Å². The van der Waals surface area contributed by atoms with E-state index in [4.69, 9.17) is 9.84 Å². The third-order valence-electron chi connectivity index (χ3n) is 0.985. The van der Waals surface area contributed by atoms with Crippen molar-refractivity contribution in [2.75, 3.05) is 26.8 Å². The highest BCUT2D eigenvalue weighted by atomic mass is 16.5. The van der Waals surface area contributed by atoms with Crippen LogP contribution in [0.4, 0.5) is 0 Å². The van der Waals surface area contributed by atoms with Gasteiger partial charge < -0.3 is 15.2 Å². The van der Waals surface area contributed by atoms with Crippen molar-refractivity contribution in [2.45, 2.75) is 42.7 Å². The van der Waals surface area contributed by atoms with Gasteiger partial charge in [-0.1, -0.05) is 29.7 Å². The summed E-state index contributed by atoms with van der Waals surface area (Å²) in [5.41, 5.74) is 0. The number of aliphatic hydroxyl groups is 1. The standard InChI is InChI=1S/C6H15NO2.4CH4/c1-6(5-7-2)9-4-3-8;;;;/h6-8H,3-5H2,1-2H3;4*1H4. The first-order valence-corrected chi connectivity index (χ1v) is 3.18. The zero-order valence-electron chi connectivity index (χ0n) is 6.05. The van der Waals surface area contributed by atoms with Gasteiger partial charge in [-0.05, 0) is 14.0 Å². The van der Waals surface area contributed by atoms with E-state index in [-0.39, 0.29) is 42.4 Å². The molecule has 0 radical (unpaired) electrons. The molecule has 1 atom stereocenters. The summed E-state index contributed by atoms with van der Waals surface area (Å²) in [7, 11) is 1.87. The number of hydrogen-bond acceptors (Lipinski definition) is 3. The lowest BCUT2D eigenvalue weighted by Crippen LogP contribution is -2.24. The van der Waals surface area contributed by atoms with Gasteiger partial charge in [0, 0.05) is 6.54 Å². The van der Waals surface area contributed by atoms with Crippen LogP contribution in [-0.4, -0.2) is 38.0 Å². The average Bonchev–Trinajstić information content (AvgIpc) is 1.85. The van der Waals surface area contributed by atoms with Crippen LogP contribution in [0.5, 0.6) is 0 Å². The molecule has 0 heterocycles. The van der Waals surface area contributed by atoms with Gasteiger partial charge in [0.25, 0.3) is 0 Å². The van der Waals surface area contributed by atoms with E-state index in [9.17, 15) is 0 Å². The summed E-state index contributed by atoms with van der Waals surface area (Å²) >= 11 is 0. The van der Waals surface area contributed by atoms with E-state index in [1.54, 1.807) is 0 Å². The molecule has 0 spiro atoms. The first kappa shape index (κ1) is 29.3. The quantitative estimate of drug-likeness (QED) is 0.709. The van der Waals surface area contributed by atoms with E-state index in [0.29, 0.717) is 6.61 Å². The summed E-state index contributed by atoms with van der Waals surface area (Å²) in [5.74, 6) is 0. The molecule has 0 rings (SSSR count). The van der Waals surface area contributed by atoms with Crippen LogP contribution in [0.25, 0.3) is 0 Å². The Kier molecular flexibility index (Phi) is 51.0. The number of aliphatic hydroxyl groups excluding tert-OH is 1. The van der Waals surface area contributed by atoms with Crippen molar-refractivity contribution >= 4 is 0 Å². The number of ether oxygens (including phenoxy) is 1. The predicted molar refractivity (Wildman–Crippen MR) is 63.4 cm³/mol. The fraction of sp³-hybridized carbons (Fsp3) is 1.00. The van der Waals surface area contributed by atoms with Crippen molar-refractivity contribution in [1.82, 2.24) is 5.32 Å². The fourth-order valence-electron chi connectivity index (χ4n) is 0.600. The Balaban J connectivity index is -0.0000000533. The maximum Gasteiger partial charge on any atom is 0.0701 e. The minimum Gasteiger partial charge on any atom is -0.394 e. The summed E-state index contributed by atoms with van der Waals surface area (Å²) in [6.07, 6.45) is 0.196. The minimum atomic E-state index is 0. The number of hydrogen-bond donors (Lipinski definition) is 2. The zero-order valence-corrected chi connectivity index (χ0v) is 6.05. The first-order chi connectivity index (χ1) is 4.31. The van der Waals surface area contributed by atoms with E-state index >= 15 is 0 Å². The molecule has 0 aliphatic heterocycles. The number of rotatable bonds is 5. The molecule has 0 aliphatic carbocycles. The molecule has 0 aromatic rings. The van der Waals surface area contributed by atoms with Gasteiger partial charge in [-0.2, -0.15) is 0 Å². The van der Waals surface area contributed by atoms with Crippen LogP contribution in [0.2, 0.25) is 0 Å². The summed E-state index contributed by atoms with van der Waals surface area (Å²) in [6, 6.07) is 0. The highest BCUT2D eigenvalue weighted by Crippen LogP contribution is 1.85. The molecule has 0 fully saturated rings. The van der Waals surface area contributed by atoms with Gasteiger partial charge in [-0.3, -0.25) is 0 Å². The maximum absolute atomic E-state index is 8.34. The van der Waals surface area contributed by atoms with Gasteiger partial charge in [0.1, 0.15) is 0 Å². The fourth-order valence-corrected chi connectivity index (χ4v) is 0.600. The molecule has 3 heteroatoms. The SMILES string of the molecule is C.C.C.C.CNCC(C)OCCO. The Morgan fingerprint density at radius 1 is 1.23 bits per heavy atom.